The molecule has 1 rings (SSSR count). The molecule has 0 aromatic heterocycles. The second-order valence-electron chi connectivity index (χ2n) is 4.63. The van der Waals surface area contributed by atoms with Crippen molar-refractivity contribution in [3.8, 4) is 5.75 Å². The zero-order valence-corrected chi connectivity index (χ0v) is 11.5. The molecule has 6 heteroatoms. The van der Waals surface area contributed by atoms with Crippen molar-refractivity contribution in [1.82, 2.24) is 5.32 Å². The van der Waals surface area contributed by atoms with Crippen molar-refractivity contribution in [2.45, 2.75) is 19.3 Å². The van der Waals surface area contributed by atoms with Crippen LogP contribution >= 0.6 is 0 Å². The Morgan fingerprint density at radius 2 is 2.00 bits per heavy atom. The van der Waals surface area contributed by atoms with Crippen LogP contribution in [0.2, 0.25) is 0 Å². The van der Waals surface area contributed by atoms with Crippen LogP contribution in [0.1, 0.15) is 18.9 Å². The highest BCUT2D eigenvalue weighted by Gasteiger charge is 2.40. The van der Waals surface area contributed by atoms with E-state index < -0.39 is 11.8 Å². The highest BCUT2D eigenvalue weighted by Crippen LogP contribution is 2.29. The average molecular weight is 287 g/mol. The number of carbonyl (C=O) groups excluding carboxylic acids is 1. The molecule has 0 saturated heterocycles. The van der Waals surface area contributed by atoms with Crippen molar-refractivity contribution in [2.75, 3.05) is 20.3 Å². The molecule has 1 unspecified atom stereocenters. The molecule has 0 spiro atoms. The topological polar surface area (TPSA) is 58.6 Å². The maximum Gasteiger partial charge on any atom is 0.349 e. The fourth-order valence-electron chi connectivity index (χ4n) is 1.63. The maximum atomic E-state index is 13.9. The lowest BCUT2D eigenvalue weighted by Crippen LogP contribution is -2.40. The van der Waals surface area contributed by atoms with Crippen LogP contribution < -0.4 is 10.1 Å². The van der Waals surface area contributed by atoms with Gasteiger partial charge in [-0.3, -0.25) is 4.79 Å². The minimum atomic E-state index is -3.59. The van der Waals surface area contributed by atoms with Crippen LogP contribution in [-0.4, -0.2) is 31.3 Å². The van der Waals surface area contributed by atoms with Crippen LogP contribution in [-0.2, 0) is 10.7 Å². The van der Waals surface area contributed by atoms with Crippen LogP contribution in [0.25, 0.3) is 0 Å². The molecule has 1 aromatic carbocycles. The first-order valence-corrected chi connectivity index (χ1v) is 6.33. The number of ether oxygens (including phenoxy) is 1. The molecule has 2 N–H and O–H groups in total. The van der Waals surface area contributed by atoms with Gasteiger partial charge in [-0.15, -0.1) is 0 Å². The third-order valence-corrected chi connectivity index (χ3v) is 2.97. The summed E-state index contributed by atoms with van der Waals surface area (Å²) < 4.78 is 32.7. The molecule has 112 valence electrons. The zero-order valence-electron chi connectivity index (χ0n) is 11.5. The smallest absolute Gasteiger partial charge is 0.349 e. The van der Waals surface area contributed by atoms with Crippen LogP contribution in [0, 0.1) is 5.92 Å². The Balaban J connectivity index is 2.68. The standard InChI is InChI=1S/C14H19F2NO3/c1-10(7-8-18)9-17-13(19)14(15,16)11-3-5-12(20-2)6-4-11/h3-6,10,18H,7-9H2,1-2H3,(H,17,19). The lowest BCUT2D eigenvalue weighted by atomic mass is 10.1. The Kier molecular flexibility index (Phi) is 5.88. The predicted molar refractivity (Wildman–Crippen MR) is 70.8 cm³/mol. The van der Waals surface area contributed by atoms with Crippen molar-refractivity contribution in [3.05, 3.63) is 29.8 Å². The van der Waals surface area contributed by atoms with E-state index in [2.05, 4.69) is 5.32 Å². The first kappa shape index (κ1) is 16.4. The molecule has 0 aliphatic heterocycles. The van der Waals surface area contributed by atoms with Gasteiger partial charge in [-0.1, -0.05) is 6.92 Å². The first-order valence-electron chi connectivity index (χ1n) is 6.33. The van der Waals surface area contributed by atoms with E-state index in [0.29, 0.717) is 12.2 Å². The van der Waals surface area contributed by atoms with Crippen molar-refractivity contribution in [1.29, 1.82) is 0 Å². The molecule has 20 heavy (non-hydrogen) atoms. The van der Waals surface area contributed by atoms with Crippen LogP contribution in [0.4, 0.5) is 8.78 Å². The fraction of sp³-hybridized carbons (Fsp3) is 0.500. The van der Waals surface area contributed by atoms with Gasteiger partial charge in [0.05, 0.1) is 7.11 Å². The molecule has 1 aromatic rings. The molecular formula is C14H19F2NO3. The van der Waals surface area contributed by atoms with E-state index in [1.54, 1.807) is 6.92 Å². The molecule has 1 atom stereocenters. The third kappa shape index (κ3) is 4.16. The van der Waals surface area contributed by atoms with E-state index in [4.69, 9.17) is 9.84 Å². The fourth-order valence-corrected chi connectivity index (χ4v) is 1.63. The van der Waals surface area contributed by atoms with Gasteiger partial charge in [-0.2, -0.15) is 8.78 Å². The summed E-state index contributed by atoms with van der Waals surface area (Å²) in [5, 5.41) is 10.9. The van der Waals surface area contributed by atoms with Crippen molar-refractivity contribution < 1.29 is 23.4 Å². The molecule has 0 aliphatic rings. The number of hydrogen-bond acceptors (Lipinski definition) is 3. The SMILES string of the molecule is COc1ccc(C(F)(F)C(=O)NCC(C)CCO)cc1. The van der Waals surface area contributed by atoms with Gasteiger partial charge in [0, 0.05) is 18.7 Å². The van der Waals surface area contributed by atoms with Crippen LogP contribution in [0.3, 0.4) is 0 Å². The third-order valence-electron chi connectivity index (χ3n) is 2.97. The number of aliphatic hydroxyl groups excluding tert-OH is 1. The molecule has 0 fully saturated rings. The molecule has 0 radical (unpaired) electrons. The zero-order chi connectivity index (χ0) is 15.2. The summed E-state index contributed by atoms with van der Waals surface area (Å²) in [5.41, 5.74) is -0.384. The van der Waals surface area contributed by atoms with Gasteiger partial charge in [0.15, 0.2) is 0 Å². The van der Waals surface area contributed by atoms with Gasteiger partial charge in [-0.25, -0.2) is 0 Å². The predicted octanol–water partition coefficient (Wildman–Crippen LogP) is 1.92. The number of amides is 1. The van der Waals surface area contributed by atoms with E-state index >= 15 is 0 Å². The van der Waals surface area contributed by atoms with E-state index in [1.807, 2.05) is 0 Å². The Labute approximate surface area is 116 Å². The van der Waals surface area contributed by atoms with Gasteiger partial charge in [0.1, 0.15) is 5.75 Å². The summed E-state index contributed by atoms with van der Waals surface area (Å²) in [6.45, 7) is 1.83. The number of hydrogen-bond donors (Lipinski definition) is 2. The van der Waals surface area contributed by atoms with Gasteiger partial charge in [0.2, 0.25) is 0 Å². The summed E-state index contributed by atoms with van der Waals surface area (Å²) >= 11 is 0. The first-order chi connectivity index (χ1) is 9.41. The number of carbonyl (C=O) groups is 1. The molecule has 4 nitrogen and oxygen atoms in total. The molecule has 0 heterocycles. The second kappa shape index (κ2) is 7.19. The van der Waals surface area contributed by atoms with Gasteiger partial charge < -0.3 is 15.2 Å². The van der Waals surface area contributed by atoms with E-state index in [0.717, 1.165) is 12.1 Å². The summed E-state index contributed by atoms with van der Waals surface area (Å²) in [6, 6.07) is 5.08. The van der Waals surface area contributed by atoms with Crippen molar-refractivity contribution in [2.24, 2.45) is 5.92 Å². The van der Waals surface area contributed by atoms with E-state index in [-0.39, 0.29) is 24.6 Å². The molecule has 0 aliphatic carbocycles. The van der Waals surface area contributed by atoms with E-state index in [9.17, 15) is 13.6 Å². The summed E-state index contributed by atoms with van der Waals surface area (Å²) in [7, 11) is 1.43. The minimum Gasteiger partial charge on any atom is -0.497 e. The maximum absolute atomic E-state index is 13.9. The lowest BCUT2D eigenvalue weighted by molar-refractivity contribution is -0.147. The largest absolute Gasteiger partial charge is 0.497 e. The van der Waals surface area contributed by atoms with Crippen molar-refractivity contribution >= 4 is 5.91 Å². The Bertz CT molecular complexity index is 435. The van der Waals surface area contributed by atoms with Gasteiger partial charge >= 0.3 is 5.92 Å². The van der Waals surface area contributed by atoms with Crippen LogP contribution in [0.15, 0.2) is 24.3 Å². The number of halogens is 2. The van der Waals surface area contributed by atoms with Crippen LogP contribution in [0.5, 0.6) is 5.75 Å². The van der Waals surface area contributed by atoms with E-state index in [1.165, 1.54) is 19.2 Å². The Morgan fingerprint density at radius 1 is 1.40 bits per heavy atom. The normalized spacial score (nSPS) is 12.8. The monoisotopic (exact) mass is 287 g/mol. The van der Waals surface area contributed by atoms with Gasteiger partial charge in [0.25, 0.3) is 5.91 Å². The Hall–Kier alpha value is -1.69. The molecule has 0 saturated carbocycles. The summed E-state index contributed by atoms with van der Waals surface area (Å²) in [6.07, 6.45) is 0.453. The summed E-state index contributed by atoms with van der Waals surface area (Å²) in [5.74, 6) is -4.55. The molecule has 0 bridgehead atoms. The minimum absolute atomic E-state index is 0.0358. The molecular weight excluding hydrogens is 268 g/mol. The highest BCUT2D eigenvalue weighted by atomic mass is 19.3. The quantitative estimate of drug-likeness (QED) is 0.805. The highest BCUT2D eigenvalue weighted by molar-refractivity contribution is 5.84. The average Bonchev–Trinajstić information content (AvgIpc) is 2.45. The number of alkyl halides is 2. The molecule has 1 amide bonds. The number of aliphatic hydroxyl groups is 1. The van der Waals surface area contributed by atoms with Gasteiger partial charge in [-0.05, 0) is 36.6 Å². The number of nitrogens with one attached hydrogen (secondary N) is 1. The van der Waals surface area contributed by atoms with Crippen molar-refractivity contribution in [3.63, 3.8) is 0 Å². The second-order valence-corrected chi connectivity index (χ2v) is 4.63. The number of rotatable bonds is 7. The lowest BCUT2D eigenvalue weighted by Gasteiger charge is -2.18. The Morgan fingerprint density at radius 3 is 2.50 bits per heavy atom. The number of methoxy groups -OCH3 is 1. The summed E-state index contributed by atoms with van der Waals surface area (Å²) in [4.78, 5) is 11.6. The number of benzene rings is 1.